The Hall–Kier alpha value is -1.06. The molecule has 2 N–H and O–H groups in total. The maximum Gasteiger partial charge on any atom is 0.124 e. The predicted octanol–water partition coefficient (Wildman–Crippen LogP) is 2.04. The molecule has 0 aliphatic carbocycles. The fourth-order valence-electron chi connectivity index (χ4n) is 1.38. The molecule has 3 heteroatoms. The lowest BCUT2D eigenvalue weighted by Crippen LogP contribution is -2.10. The molecule has 0 spiro atoms. The first-order valence-electron chi connectivity index (χ1n) is 5.13. The maximum atomic E-state index is 5.86. The first-order chi connectivity index (χ1) is 7.15. The molecule has 0 aromatic heterocycles. The van der Waals surface area contributed by atoms with Crippen molar-refractivity contribution in [3.8, 4) is 5.75 Å². The molecule has 0 unspecified atom stereocenters. The van der Waals surface area contributed by atoms with Crippen LogP contribution in [0.4, 0.5) is 0 Å². The van der Waals surface area contributed by atoms with Crippen LogP contribution >= 0.6 is 0 Å². The molecule has 0 heterocycles. The largest absolute Gasteiger partial charge is 0.491 e. The summed E-state index contributed by atoms with van der Waals surface area (Å²) >= 11 is 0. The highest BCUT2D eigenvalue weighted by atomic mass is 16.5. The summed E-state index contributed by atoms with van der Waals surface area (Å²) in [6, 6.07) is 6.06. The average molecular weight is 209 g/mol. The zero-order valence-corrected chi connectivity index (χ0v) is 9.62. The van der Waals surface area contributed by atoms with Crippen LogP contribution in [-0.2, 0) is 4.74 Å². The highest BCUT2D eigenvalue weighted by Gasteiger charge is 2.07. The molecular weight excluding hydrogens is 190 g/mol. The molecular formula is C12H19NO2. The van der Waals surface area contributed by atoms with Gasteiger partial charge in [0.1, 0.15) is 12.4 Å². The topological polar surface area (TPSA) is 44.5 Å². The molecule has 0 saturated carbocycles. The quantitative estimate of drug-likeness (QED) is 0.755. The number of rotatable bonds is 5. The molecule has 1 atom stereocenters. The molecule has 0 fully saturated rings. The van der Waals surface area contributed by atoms with Crippen LogP contribution in [0.3, 0.4) is 0 Å². The maximum absolute atomic E-state index is 5.86. The highest BCUT2D eigenvalue weighted by Crippen LogP contribution is 2.24. The van der Waals surface area contributed by atoms with Gasteiger partial charge >= 0.3 is 0 Å². The lowest BCUT2D eigenvalue weighted by molar-refractivity contribution is 0.145. The number of benzene rings is 1. The van der Waals surface area contributed by atoms with Crippen molar-refractivity contribution in [2.75, 3.05) is 20.3 Å². The Labute approximate surface area is 91.2 Å². The Morgan fingerprint density at radius 1 is 1.33 bits per heavy atom. The molecule has 0 aliphatic heterocycles. The van der Waals surface area contributed by atoms with Crippen LogP contribution in [0.1, 0.15) is 24.1 Å². The average Bonchev–Trinajstić information content (AvgIpc) is 2.18. The van der Waals surface area contributed by atoms with Crippen LogP contribution in [0, 0.1) is 6.92 Å². The van der Waals surface area contributed by atoms with Crippen molar-refractivity contribution in [1.29, 1.82) is 0 Å². The highest BCUT2D eigenvalue weighted by molar-refractivity contribution is 5.38. The van der Waals surface area contributed by atoms with Crippen molar-refractivity contribution < 1.29 is 9.47 Å². The van der Waals surface area contributed by atoms with Gasteiger partial charge < -0.3 is 15.2 Å². The van der Waals surface area contributed by atoms with Gasteiger partial charge in [-0.05, 0) is 25.5 Å². The van der Waals surface area contributed by atoms with Crippen molar-refractivity contribution >= 4 is 0 Å². The van der Waals surface area contributed by atoms with Crippen molar-refractivity contribution in [3.05, 3.63) is 29.3 Å². The molecule has 0 bridgehead atoms. The van der Waals surface area contributed by atoms with E-state index < -0.39 is 0 Å². The second-order valence-electron chi connectivity index (χ2n) is 3.67. The predicted molar refractivity (Wildman–Crippen MR) is 61.2 cm³/mol. The minimum absolute atomic E-state index is 0.0110. The van der Waals surface area contributed by atoms with Crippen LogP contribution in [0.25, 0.3) is 0 Å². The third kappa shape index (κ3) is 3.53. The normalized spacial score (nSPS) is 12.5. The van der Waals surface area contributed by atoms with E-state index in [1.807, 2.05) is 32.0 Å². The Morgan fingerprint density at radius 3 is 2.67 bits per heavy atom. The number of ether oxygens (including phenoxy) is 2. The SMILES string of the molecule is COCCOc1cc(C)ccc1[C@@H](C)N. The molecule has 0 saturated heterocycles. The lowest BCUT2D eigenvalue weighted by atomic mass is 10.1. The first kappa shape index (κ1) is 12.0. The molecule has 15 heavy (non-hydrogen) atoms. The third-order valence-corrected chi connectivity index (χ3v) is 2.20. The van der Waals surface area contributed by atoms with Crippen molar-refractivity contribution in [1.82, 2.24) is 0 Å². The Kier molecular flexibility index (Phi) is 4.59. The van der Waals surface area contributed by atoms with Gasteiger partial charge in [-0.2, -0.15) is 0 Å². The van der Waals surface area contributed by atoms with Gasteiger partial charge in [0.15, 0.2) is 0 Å². The Balaban J connectivity index is 2.77. The van der Waals surface area contributed by atoms with Gasteiger partial charge in [-0.3, -0.25) is 0 Å². The van der Waals surface area contributed by atoms with Gasteiger partial charge in [-0.1, -0.05) is 12.1 Å². The monoisotopic (exact) mass is 209 g/mol. The lowest BCUT2D eigenvalue weighted by Gasteiger charge is -2.14. The second-order valence-corrected chi connectivity index (χ2v) is 3.67. The number of aryl methyl sites for hydroxylation is 1. The van der Waals surface area contributed by atoms with Gasteiger partial charge in [-0.15, -0.1) is 0 Å². The van der Waals surface area contributed by atoms with E-state index in [1.165, 1.54) is 5.56 Å². The van der Waals surface area contributed by atoms with Gasteiger partial charge in [0, 0.05) is 18.7 Å². The number of hydrogen-bond donors (Lipinski definition) is 1. The molecule has 1 aromatic carbocycles. The van der Waals surface area contributed by atoms with Crippen molar-refractivity contribution in [2.45, 2.75) is 19.9 Å². The molecule has 0 aliphatic rings. The molecule has 0 radical (unpaired) electrons. The van der Waals surface area contributed by atoms with E-state index in [4.69, 9.17) is 15.2 Å². The van der Waals surface area contributed by atoms with Crippen molar-refractivity contribution in [3.63, 3.8) is 0 Å². The minimum Gasteiger partial charge on any atom is -0.491 e. The molecule has 84 valence electrons. The fourth-order valence-corrected chi connectivity index (χ4v) is 1.38. The van der Waals surface area contributed by atoms with E-state index in [-0.39, 0.29) is 6.04 Å². The summed E-state index contributed by atoms with van der Waals surface area (Å²) in [5.41, 5.74) is 8.07. The number of hydrogen-bond acceptors (Lipinski definition) is 3. The van der Waals surface area contributed by atoms with E-state index >= 15 is 0 Å². The first-order valence-corrected chi connectivity index (χ1v) is 5.13. The van der Waals surface area contributed by atoms with Gasteiger partial charge in [0.25, 0.3) is 0 Å². The summed E-state index contributed by atoms with van der Waals surface area (Å²) in [6.45, 7) is 5.13. The Morgan fingerprint density at radius 2 is 2.07 bits per heavy atom. The van der Waals surface area contributed by atoms with Crippen LogP contribution in [0.2, 0.25) is 0 Å². The van der Waals surface area contributed by atoms with Gasteiger partial charge in [-0.25, -0.2) is 0 Å². The molecule has 1 aromatic rings. The molecule has 0 amide bonds. The van der Waals surface area contributed by atoms with Gasteiger partial charge in [0.05, 0.1) is 6.61 Å². The van der Waals surface area contributed by atoms with Crippen LogP contribution in [-0.4, -0.2) is 20.3 Å². The summed E-state index contributed by atoms with van der Waals surface area (Å²) in [7, 11) is 1.66. The standard InChI is InChI=1S/C12H19NO2/c1-9-4-5-11(10(2)13)12(8-9)15-7-6-14-3/h4-5,8,10H,6-7,13H2,1-3H3/t10-/m1/s1. The van der Waals surface area contributed by atoms with Crippen LogP contribution in [0.15, 0.2) is 18.2 Å². The fraction of sp³-hybridized carbons (Fsp3) is 0.500. The minimum atomic E-state index is -0.0110. The smallest absolute Gasteiger partial charge is 0.124 e. The van der Waals surface area contributed by atoms with Crippen LogP contribution in [0.5, 0.6) is 5.75 Å². The summed E-state index contributed by atoms with van der Waals surface area (Å²) in [6.07, 6.45) is 0. The van der Waals surface area contributed by atoms with E-state index in [2.05, 4.69) is 0 Å². The number of methoxy groups -OCH3 is 1. The molecule has 3 nitrogen and oxygen atoms in total. The van der Waals surface area contributed by atoms with E-state index in [9.17, 15) is 0 Å². The Bertz CT molecular complexity index is 310. The summed E-state index contributed by atoms with van der Waals surface area (Å²) in [5, 5.41) is 0. The van der Waals surface area contributed by atoms with E-state index in [0.717, 1.165) is 11.3 Å². The summed E-state index contributed by atoms with van der Waals surface area (Å²) in [4.78, 5) is 0. The van der Waals surface area contributed by atoms with Crippen LogP contribution < -0.4 is 10.5 Å². The van der Waals surface area contributed by atoms with E-state index in [0.29, 0.717) is 13.2 Å². The molecule has 1 rings (SSSR count). The van der Waals surface area contributed by atoms with E-state index in [1.54, 1.807) is 7.11 Å². The summed E-state index contributed by atoms with van der Waals surface area (Å²) in [5.74, 6) is 0.863. The summed E-state index contributed by atoms with van der Waals surface area (Å²) < 4.78 is 10.6. The number of nitrogens with two attached hydrogens (primary N) is 1. The van der Waals surface area contributed by atoms with Crippen molar-refractivity contribution in [2.24, 2.45) is 5.73 Å². The second kappa shape index (κ2) is 5.73. The zero-order chi connectivity index (χ0) is 11.3. The van der Waals surface area contributed by atoms with Gasteiger partial charge in [0.2, 0.25) is 0 Å². The zero-order valence-electron chi connectivity index (χ0n) is 9.62. The third-order valence-electron chi connectivity index (χ3n) is 2.20.